The van der Waals surface area contributed by atoms with Crippen LogP contribution in [-0.4, -0.2) is 41.4 Å². The molecule has 0 unspecified atom stereocenters. The number of hydrogen-bond acceptors (Lipinski definition) is 6. The lowest BCUT2D eigenvalue weighted by Crippen LogP contribution is -2.36. The van der Waals surface area contributed by atoms with Gasteiger partial charge in [0.2, 0.25) is 0 Å². The number of nitriles is 1. The number of nitrogens with zero attached hydrogens (tertiary/aromatic N) is 3. The molecule has 2 heterocycles. The van der Waals surface area contributed by atoms with Gasteiger partial charge in [0, 0.05) is 46.4 Å². The molecule has 0 amide bonds. The van der Waals surface area contributed by atoms with E-state index in [-0.39, 0.29) is 0 Å². The summed E-state index contributed by atoms with van der Waals surface area (Å²) in [6.07, 6.45) is 4.87. The van der Waals surface area contributed by atoms with Gasteiger partial charge in [-0.2, -0.15) is 5.26 Å². The summed E-state index contributed by atoms with van der Waals surface area (Å²) in [5, 5.41) is 10.4. The number of nitrogens with one attached hydrogen (secondary N) is 1. The quantitative estimate of drug-likeness (QED) is 0.907. The van der Waals surface area contributed by atoms with E-state index in [0.717, 1.165) is 42.5 Å². The molecule has 1 N–H and O–H groups in total. The molecule has 132 valence electrons. The Morgan fingerprint density at radius 3 is 2.76 bits per heavy atom. The third kappa shape index (κ3) is 3.69. The van der Waals surface area contributed by atoms with Crippen molar-refractivity contribution in [2.75, 3.05) is 37.1 Å². The number of para-hydroxylation sites is 1. The normalized spacial score (nSPS) is 17.9. The lowest BCUT2D eigenvalue weighted by Gasteiger charge is -2.34. The van der Waals surface area contributed by atoms with Crippen molar-refractivity contribution in [2.24, 2.45) is 5.92 Å². The van der Waals surface area contributed by atoms with Crippen molar-refractivity contribution >= 4 is 26.3 Å². The van der Waals surface area contributed by atoms with Crippen LogP contribution in [0.3, 0.4) is 0 Å². The molecule has 0 saturated carbocycles. The average molecular weight is 358 g/mol. The van der Waals surface area contributed by atoms with Crippen molar-refractivity contribution in [1.82, 2.24) is 4.98 Å². The topological polar surface area (TPSA) is 90.1 Å². The summed E-state index contributed by atoms with van der Waals surface area (Å²) in [6.45, 7) is 1.57. The van der Waals surface area contributed by atoms with Gasteiger partial charge in [-0.3, -0.25) is 14.0 Å². The van der Waals surface area contributed by atoms with Crippen LogP contribution < -0.4 is 9.64 Å². The Morgan fingerprint density at radius 1 is 1.44 bits per heavy atom. The van der Waals surface area contributed by atoms with Gasteiger partial charge in [0.15, 0.2) is 0 Å². The smallest absolute Gasteiger partial charge is 0.145 e. The Bertz CT molecular complexity index is 926. The van der Waals surface area contributed by atoms with Crippen LogP contribution in [0.5, 0.6) is 5.75 Å². The molecule has 1 atom stereocenters. The highest BCUT2D eigenvalue weighted by Gasteiger charge is 2.25. The molecule has 0 bridgehead atoms. The zero-order chi connectivity index (χ0) is 18.0. The number of benzene rings is 1. The number of rotatable bonds is 4. The van der Waals surface area contributed by atoms with Crippen molar-refractivity contribution < 1.29 is 8.95 Å². The number of hydrogen-bond donors (Lipinski definition) is 1. The third-order valence-corrected chi connectivity index (χ3v) is 5.76. The number of fused-ring (bicyclic) bond motifs is 1. The minimum Gasteiger partial charge on any atom is -0.494 e. The lowest BCUT2D eigenvalue weighted by atomic mass is 9.97. The molecular weight excluding hydrogens is 336 g/mol. The van der Waals surface area contributed by atoms with Crippen LogP contribution in [0.15, 0.2) is 24.4 Å². The van der Waals surface area contributed by atoms with Gasteiger partial charge >= 0.3 is 0 Å². The third-order valence-electron chi connectivity index (χ3n) is 4.66. The highest BCUT2D eigenvalue weighted by atomic mass is 32.2. The number of anilines is 1. The van der Waals surface area contributed by atoms with Crippen molar-refractivity contribution in [3.8, 4) is 11.8 Å². The molecule has 7 heteroatoms. The Kier molecular flexibility index (Phi) is 4.82. The minimum absolute atomic E-state index is 0.305. The van der Waals surface area contributed by atoms with Gasteiger partial charge in [-0.1, -0.05) is 12.1 Å². The standard InChI is InChI=1S/C18H22N4O2S/c1-24-16-5-3-4-15-17(16)21-11-14(10-19)18(15)22-8-6-13(7-9-22)12-25(2,20)23/h3-5,11,13,20H,6-9,12H2,1-2H3/t25-/m1/s1. The molecule has 1 aromatic carbocycles. The first-order valence-electron chi connectivity index (χ1n) is 8.25. The van der Waals surface area contributed by atoms with Gasteiger partial charge < -0.3 is 9.64 Å². The van der Waals surface area contributed by atoms with E-state index in [1.165, 1.54) is 6.26 Å². The Hall–Kier alpha value is -2.33. The molecule has 1 aromatic heterocycles. The number of methoxy groups -OCH3 is 1. The summed E-state index contributed by atoms with van der Waals surface area (Å²) < 4.78 is 24.8. The summed E-state index contributed by atoms with van der Waals surface area (Å²) in [7, 11) is -0.846. The second-order valence-electron chi connectivity index (χ2n) is 6.59. The fourth-order valence-corrected chi connectivity index (χ4v) is 4.78. The Labute approximate surface area is 148 Å². The highest BCUT2D eigenvalue weighted by molar-refractivity contribution is 7.91. The first kappa shape index (κ1) is 17.5. The van der Waals surface area contributed by atoms with Gasteiger partial charge in [0.25, 0.3) is 0 Å². The number of ether oxygens (including phenoxy) is 1. The monoisotopic (exact) mass is 358 g/mol. The SMILES string of the molecule is COc1cccc2c(N3CCC(C[S@](C)(=N)=O)CC3)c(C#N)cnc12. The Morgan fingerprint density at radius 2 is 2.16 bits per heavy atom. The van der Waals surface area contributed by atoms with E-state index in [9.17, 15) is 9.47 Å². The van der Waals surface area contributed by atoms with Gasteiger partial charge in [-0.25, -0.2) is 0 Å². The van der Waals surface area contributed by atoms with E-state index < -0.39 is 9.73 Å². The number of piperidine rings is 1. The molecule has 2 aromatic rings. The van der Waals surface area contributed by atoms with E-state index in [4.69, 9.17) is 9.52 Å². The summed E-state index contributed by atoms with van der Waals surface area (Å²) in [6, 6.07) is 7.99. The largest absolute Gasteiger partial charge is 0.494 e. The molecule has 0 spiro atoms. The molecule has 1 saturated heterocycles. The van der Waals surface area contributed by atoms with Crippen LogP contribution in [0.2, 0.25) is 0 Å². The van der Waals surface area contributed by atoms with Crippen LogP contribution in [0.25, 0.3) is 10.9 Å². The lowest BCUT2D eigenvalue weighted by molar-refractivity contribution is 0.419. The predicted molar refractivity (Wildman–Crippen MR) is 99.6 cm³/mol. The molecule has 0 aliphatic carbocycles. The van der Waals surface area contributed by atoms with Gasteiger partial charge in [0.05, 0.1) is 18.4 Å². The molecule has 3 rings (SSSR count). The van der Waals surface area contributed by atoms with Gasteiger partial charge in [0.1, 0.15) is 17.3 Å². The summed E-state index contributed by atoms with van der Waals surface area (Å²) >= 11 is 0. The Balaban J connectivity index is 1.95. The van der Waals surface area contributed by atoms with E-state index in [2.05, 4.69) is 16.0 Å². The predicted octanol–water partition coefficient (Wildman–Crippen LogP) is 3.01. The number of pyridine rings is 1. The van der Waals surface area contributed by atoms with Crippen molar-refractivity contribution in [1.29, 1.82) is 10.0 Å². The van der Waals surface area contributed by atoms with Crippen molar-refractivity contribution in [3.05, 3.63) is 30.0 Å². The highest BCUT2D eigenvalue weighted by Crippen LogP contribution is 2.35. The van der Waals surface area contributed by atoms with Crippen LogP contribution in [-0.2, 0) is 9.73 Å². The zero-order valence-corrected chi connectivity index (χ0v) is 15.3. The maximum absolute atomic E-state index is 11.7. The minimum atomic E-state index is -2.46. The van der Waals surface area contributed by atoms with E-state index >= 15 is 0 Å². The summed E-state index contributed by atoms with van der Waals surface area (Å²) in [5.41, 5.74) is 2.20. The van der Waals surface area contributed by atoms with Crippen LogP contribution >= 0.6 is 0 Å². The molecule has 1 fully saturated rings. The van der Waals surface area contributed by atoms with Crippen LogP contribution in [0.4, 0.5) is 5.69 Å². The average Bonchev–Trinajstić information content (AvgIpc) is 2.59. The fraction of sp³-hybridized carbons (Fsp3) is 0.444. The van der Waals surface area contributed by atoms with Crippen molar-refractivity contribution in [2.45, 2.75) is 12.8 Å². The van der Waals surface area contributed by atoms with Gasteiger partial charge in [-0.05, 0) is 24.8 Å². The molecular formula is C18H22N4O2S. The maximum atomic E-state index is 11.7. The molecule has 1 aliphatic rings. The second kappa shape index (κ2) is 6.89. The fourth-order valence-electron chi connectivity index (χ4n) is 3.54. The second-order valence-corrected chi connectivity index (χ2v) is 8.93. The molecule has 0 radical (unpaired) electrons. The van der Waals surface area contributed by atoms with E-state index in [0.29, 0.717) is 23.0 Å². The molecule has 25 heavy (non-hydrogen) atoms. The van der Waals surface area contributed by atoms with E-state index in [1.54, 1.807) is 13.3 Å². The molecule has 6 nitrogen and oxygen atoms in total. The summed E-state index contributed by atoms with van der Waals surface area (Å²) in [4.78, 5) is 6.61. The maximum Gasteiger partial charge on any atom is 0.145 e. The zero-order valence-electron chi connectivity index (χ0n) is 14.5. The number of aromatic nitrogens is 1. The van der Waals surface area contributed by atoms with Crippen LogP contribution in [0.1, 0.15) is 18.4 Å². The first-order chi connectivity index (χ1) is 11.9. The summed E-state index contributed by atoms with van der Waals surface area (Å²) in [5.74, 6) is 1.45. The van der Waals surface area contributed by atoms with Crippen LogP contribution in [0, 0.1) is 22.0 Å². The van der Waals surface area contributed by atoms with Crippen molar-refractivity contribution in [3.63, 3.8) is 0 Å². The first-order valence-corrected chi connectivity index (χ1v) is 10.4. The molecule has 1 aliphatic heterocycles. The van der Waals surface area contributed by atoms with Gasteiger partial charge in [-0.15, -0.1) is 0 Å². The van der Waals surface area contributed by atoms with E-state index in [1.807, 2.05) is 18.2 Å².